The van der Waals surface area contributed by atoms with Gasteiger partial charge in [-0.25, -0.2) is 4.98 Å². The predicted octanol–water partition coefficient (Wildman–Crippen LogP) is 2.81. The zero-order valence-electron chi connectivity index (χ0n) is 16.7. The first kappa shape index (κ1) is 19.8. The van der Waals surface area contributed by atoms with Crippen molar-refractivity contribution in [2.75, 3.05) is 46.4 Å². The fourth-order valence-electron chi connectivity index (χ4n) is 3.62. The monoisotopic (exact) mass is 372 g/mol. The van der Waals surface area contributed by atoms with E-state index in [9.17, 15) is 4.79 Å². The van der Waals surface area contributed by atoms with Crippen LogP contribution in [0.25, 0.3) is 10.9 Å². The first-order valence-electron chi connectivity index (χ1n) is 10.2. The molecule has 1 aromatic carbocycles. The Morgan fingerprint density at radius 3 is 2.63 bits per heavy atom. The van der Waals surface area contributed by atoms with Crippen molar-refractivity contribution in [1.29, 1.82) is 0 Å². The van der Waals surface area contributed by atoms with E-state index < -0.39 is 0 Å². The number of benzene rings is 1. The van der Waals surface area contributed by atoms with Crippen molar-refractivity contribution >= 4 is 10.9 Å². The molecule has 0 radical (unpaired) electrons. The Bertz CT molecular complexity index is 781. The van der Waals surface area contributed by atoms with E-state index in [2.05, 4.69) is 26.8 Å². The van der Waals surface area contributed by atoms with Gasteiger partial charge in [0.25, 0.3) is 5.56 Å². The zero-order valence-corrected chi connectivity index (χ0v) is 16.7. The van der Waals surface area contributed by atoms with Crippen molar-refractivity contribution in [2.45, 2.75) is 39.0 Å². The van der Waals surface area contributed by atoms with Crippen LogP contribution >= 0.6 is 0 Å². The molecule has 1 saturated heterocycles. The van der Waals surface area contributed by atoms with Crippen molar-refractivity contribution in [3.63, 3.8) is 0 Å². The Hall–Kier alpha value is -1.92. The number of unbranched alkanes of at least 4 members (excludes halogenated alkanes) is 4. The number of nitrogens with zero attached hydrogens (tertiary/aromatic N) is 3. The van der Waals surface area contributed by atoms with E-state index in [-0.39, 0.29) is 5.56 Å². The van der Waals surface area contributed by atoms with Gasteiger partial charge in [-0.2, -0.15) is 0 Å². The number of hydrogen-bond donors (Lipinski definition) is 1. The number of aromatic amines is 1. The number of aryl methyl sites for hydroxylation is 1. The quantitative estimate of drug-likeness (QED) is 0.686. The third kappa shape index (κ3) is 5.78. The summed E-state index contributed by atoms with van der Waals surface area (Å²) in [6.07, 6.45) is 6.00. The summed E-state index contributed by atoms with van der Waals surface area (Å²) in [4.78, 5) is 24.3. The third-order valence-electron chi connectivity index (χ3n) is 5.29. The van der Waals surface area contributed by atoms with E-state index in [1.54, 1.807) is 6.92 Å². The van der Waals surface area contributed by atoms with E-state index in [1.165, 1.54) is 58.4 Å². The molecule has 3 rings (SSSR count). The normalized spacial score (nSPS) is 16.1. The minimum atomic E-state index is -0.128. The molecule has 1 fully saturated rings. The zero-order chi connectivity index (χ0) is 19.1. The van der Waals surface area contributed by atoms with Crippen LogP contribution in [-0.2, 0) is 0 Å². The number of ether oxygens (including phenoxy) is 1. The number of rotatable bonds is 9. The maximum absolute atomic E-state index is 12.2. The number of likely N-dealkylation sites (N-methyl/N-ethyl adjacent to an activating group) is 1. The molecule has 148 valence electrons. The second-order valence-corrected chi connectivity index (χ2v) is 7.56. The topological polar surface area (TPSA) is 61.5 Å². The fraction of sp³-hybridized carbons (Fsp3) is 0.619. The first-order valence-corrected chi connectivity index (χ1v) is 10.2. The van der Waals surface area contributed by atoms with Gasteiger partial charge in [0.1, 0.15) is 17.0 Å². The molecule has 0 bridgehead atoms. The molecular formula is C21H32N4O2. The Morgan fingerprint density at radius 2 is 1.81 bits per heavy atom. The van der Waals surface area contributed by atoms with Gasteiger partial charge in [-0.3, -0.25) is 4.79 Å². The lowest BCUT2D eigenvalue weighted by Crippen LogP contribution is -2.44. The Morgan fingerprint density at radius 1 is 1.07 bits per heavy atom. The largest absolute Gasteiger partial charge is 0.493 e. The standard InChI is InChI=1S/C21H32N4O2/c1-17-22-18-9-8-10-19(20(18)21(26)23-17)27-16-7-5-3-4-6-11-25-14-12-24(2)13-15-25/h8-10H,3-7,11-16H2,1-2H3,(H,22,23,26). The van der Waals surface area contributed by atoms with Crippen LogP contribution in [0.15, 0.2) is 23.0 Å². The van der Waals surface area contributed by atoms with Crippen molar-refractivity contribution in [3.05, 3.63) is 34.4 Å². The minimum Gasteiger partial charge on any atom is -0.493 e. The molecule has 6 nitrogen and oxygen atoms in total. The number of H-pyrrole nitrogens is 1. The van der Waals surface area contributed by atoms with Crippen LogP contribution in [0.2, 0.25) is 0 Å². The van der Waals surface area contributed by atoms with E-state index >= 15 is 0 Å². The summed E-state index contributed by atoms with van der Waals surface area (Å²) in [5.74, 6) is 1.26. The number of nitrogens with one attached hydrogen (secondary N) is 1. The molecule has 1 aromatic heterocycles. The van der Waals surface area contributed by atoms with E-state index in [4.69, 9.17) is 4.74 Å². The van der Waals surface area contributed by atoms with Gasteiger partial charge in [-0.05, 0) is 45.5 Å². The van der Waals surface area contributed by atoms with Gasteiger partial charge < -0.3 is 19.5 Å². The second kappa shape index (κ2) is 9.85. The molecule has 0 unspecified atom stereocenters. The third-order valence-corrected chi connectivity index (χ3v) is 5.29. The number of fused-ring (bicyclic) bond motifs is 1. The van der Waals surface area contributed by atoms with Gasteiger partial charge in [0, 0.05) is 26.2 Å². The summed E-state index contributed by atoms with van der Waals surface area (Å²) >= 11 is 0. The lowest BCUT2D eigenvalue weighted by Gasteiger charge is -2.32. The molecule has 0 saturated carbocycles. The molecule has 1 aliphatic heterocycles. The Balaban J connectivity index is 1.33. The van der Waals surface area contributed by atoms with Crippen LogP contribution in [0, 0.1) is 6.92 Å². The highest BCUT2D eigenvalue weighted by molar-refractivity contribution is 5.84. The molecule has 0 spiro atoms. The summed E-state index contributed by atoms with van der Waals surface area (Å²) in [6, 6.07) is 5.59. The molecule has 1 N–H and O–H groups in total. The van der Waals surface area contributed by atoms with Crippen LogP contribution in [0.3, 0.4) is 0 Å². The average Bonchev–Trinajstić information content (AvgIpc) is 2.65. The summed E-state index contributed by atoms with van der Waals surface area (Å²) in [6.45, 7) is 8.48. The number of aromatic nitrogens is 2. The molecule has 6 heteroatoms. The second-order valence-electron chi connectivity index (χ2n) is 7.56. The highest BCUT2D eigenvalue weighted by atomic mass is 16.5. The van der Waals surface area contributed by atoms with Crippen LogP contribution in [0.5, 0.6) is 5.75 Å². The molecule has 1 aliphatic rings. The van der Waals surface area contributed by atoms with E-state index in [0.29, 0.717) is 29.1 Å². The molecule has 0 aliphatic carbocycles. The molecule has 0 atom stereocenters. The summed E-state index contributed by atoms with van der Waals surface area (Å²) < 4.78 is 5.88. The first-order chi connectivity index (χ1) is 13.1. The van der Waals surface area contributed by atoms with Gasteiger partial charge in [0.05, 0.1) is 12.1 Å². The van der Waals surface area contributed by atoms with Crippen LogP contribution < -0.4 is 10.3 Å². The van der Waals surface area contributed by atoms with Gasteiger partial charge in [0.15, 0.2) is 0 Å². The average molecular weight is 373 g/mol. The van der Waals surface area contributed by atoms with Crippen LogP contribution in [-0.4, -0.2) is 66.1 Å². The summed E-state index contributed by atoms with van der Waals surface area (Å²) in [5, 5.41) is 0.551. The maximum atomic E-state index is 12.2. The van der Waals surface area contributed by atoms with Gasteiger partial charge in [-0.1, -0.05) is 25.3 Å². The van der Waals surface area contributed by atoms with Gasteiger partial charge in [0.2, 0.25) is 0 Å². The van der Waals surface area contributed by atoms with Crippen molar-refractivity contribution < 1.29 is 4.74 Å². The minimum absolute atomic E-state index is 0.128. The lowest BCUT2D eigenvalue weighted by atomic mass is 10.1. The Kier molecular flexibility index (Phi) is 7.24. The highest BCUT2D eigenvalue weighted by Gasteiger charge is 2.12. The predicted molar refractivity (Wildman–Crippen MR) is 110 cm³/mol. The van der Waals surface area contributed by atoms with E-state index in [0.717, 1.165) is 6.42 Å². The van der Waals surface area contributed by atoms with E-state index in [1.807, 2.05) is 18.2 Å². The Labute approximate surface area is 161 Å². The molecular weight excluding hydrogens is 340 g/mol. The highest BCUT2D eigenvalue weighted by Crippen LogP contribution is 2.21. The van der Waals surface area contributed by atoms with Gasteiger partial charge in [-0.15, -0.1) is 0 Å². The van der Waals surface area contributed by atoms with Crippen molar-refractivity contribution in [1.82, 2.24) is 19.8 Å². The molecule has 0 amide bonds. The number of hydrogen-bond acceptors (Lipinski definition) is 5. The number of piperazine rings is 1. The molecule has 2 heterocycles. The fourth-order valence-corrected chi connectivity index (χ4v) is 3.62. The van der Waals surface area contributed by atoms with Crippen molar-refractivity contribution in [2.24, 2.45) is 0 Å². The summed E-state index contributed by atoms with van der Waals surface area (Å²) in [5.41, 5.74) is 0.565. The van der Waals surface area contributed by atoms with Crippen LogP contribution in [0.1, 0.15) is 37.9 Å². The molecule has 27 heavy (non-hydrogen) atoms. The summed E-state index contributed by atoms with van der Waals surface area (Å²) in [7, 11) is 2.20. The van der Waals surface area contributed by atoms with Crippen LogP contribution in [0.4, 0.5) is 0 Å². The maximum Gasteiger partial charge on any atom is 0.262 e. The lowest BCUT2D eigenvalue weighted by molar-refractivity contribution is 0.152. The molecule has 2 aromatic rings. The smallest absolute Gasteiger partial charge is 0.262 e. The van der Waals surface area contributed by atoms with Gasteiger partial charge >= 0.3 is 0 Å². The van der Waals surface area contributed by atoms with Crippen molar-refractivity contribution in [3.8, 4) is 5.75 Å². The SMILES string of the molecule is Cc1nc2cccc(OCCCCCCCN3CCN(C)CC3)c2c(=O)[nH]1.